The van der Waals surface area contributed by atoms with Gasteiger partial charge >= 0.3 is 0 Å². The number of aliphatic hydroxyl groups is 1. The van der Waals surface area contributed by atoms with Crippen molar-refractivity contribution in [3.63, 3.8) is 0 Å². The molecule has 1 aliphatic rings. The molecule has 132 valence electrons. The molecule has 1 fully saturated rings. The summed E-state index contributed by atoms with van der Waals surface area (Å²) in [7, 11) is 1.59. The maximum atomic E-state index is 12.8. The lowest BCUT2D eigenvalue weighted by Gasteiger charge is -2.40. The third-order valence-corrected chi connectivity index (χ3v) is 5.11. The lowest BCUT2D eigenvalue weighted by molar-refractivity contribution is -0.136. The van der Waals surface area contributed by atoms with Gasteiger partial charge in [-0.2, -0.15) is 0 Å². The first-order valence-corrected chi connectivity index (χ1v) is 8.77. The van der Waals surface area contributed by atoms with Crippen LogP contribution in [0.15, 0.2) is 54.6 Å². The summed E-state index contributed by atoms with van der Waals surface area (Å²) in [6.07, 6.45) is 2.91. The van der Waals surface area contributed by atoms with Gasteiger partial charge in [-0.25, -0.2) is 0 Å². The fraction of sp³-hybridized carbons (Fsp3) is 0.381. The first-order chi connectivity index (χ1) is 12.1. The highest BCUT2D eigenvalue weighted by atomic mass is 16.5. The molecular formula is C21H25NO3. The normalized spacial score (nSPS) is 16.6. The summed E-state index contributed by atoms with van der Waals surface area (Å²) in [5.41, 5.74) is 1.60. The summed E-state index contributed by atoms with van der Waals surface area (Å²) in [4.78, 5) is 12.8. The highest BCUT2D eigenvalue weighted by molar-refractivity contribution is 5.83. The maximum absolute atomic E-state index is 12.8. The van der Waals surface area contributed by atoms with Crippen molar-refractivity contribution in [1.29, 1.82) is 0 Å². The minimum atomic E-state index is -0.743. The van der Waals surface area contributed by atoms with Crippen LogP contribution in [0.4, 0.5) is 0 Å². The van der Waals surface area contributed by atoms with Crippen LogP contribution in [-0.4, -0.2) is 24.7 Å². The van der Waals surface area contributed by atoms with E-state index in [-0.39, 0.29) is 17.9 Å². The first kappa shape index (κ1) is 17.5. The Morgan fingerprint density at radius 2 is 1.96 bits per heavy atom. The number of benzene rings is 2. The molecule has 1 atom stereocenters. The van der Waals surface area contributed by atoms with Crippen molar-refractivity contribution in [3.05, 3.63) is 65.7 Å². The Bertz CT molecular complexity index is 710. The molecule has 2 aromatic carbocycles. The molecule has 3 rings (SSSR count). The Morgan fingerprint density at radius 3 is 2.60 bits per heavy atom. The standard InChI is InChI=1S/C21H25NO3/c1-25-18-10-5-9-17(13-18)19(23)15-22-20(24)21(11-6-12-21)14-16-7-3-2-4-8-16/h2-5,7-10,13,19,23H,6,11-12,14-15H2,1H3,(H,22,24). The van der Waals surface area contributed by atoms with Crippen LogP contribution in [0.3, 0.4) is 0 Å². The van der Waals surface area contributed by atoms with Crippen molar-refractivity contribution in [2.45, 2.75) is 31.8 Å². The molecule has 1 aliphatic carbocycles. The zero-order valence-corrected chi connectivity index (χ0v) is 14.6. The van der Waals surface area contributed by atoms with E-state index in [1.165, 1.54) is 5.56 Å². The minimum absolute atomic E-state index is 0.0459. The molecule has 0 heterocycles. The predicted octanol–water partition coefficient (Wildman–Crippen LogP) is 3.26. The van der Waals surface area contributed by atoms with E-state index in [9.17, 15) is 9.90 Å². The van der Waals surface area contributed by atoms with Crippen molar-refractivity contribution in [1.82, 2.24) is 5.32 Å². The van der Waals surface area contributed by atoms with E-state index in [0.717, 1.165) is 31.2 Å². The van der Waals surface area contributed by atoms with Crippen molar-refractivity contribution in [2.75, 3.05) is 13.7 Å². The Kier molecular flexibility index (Phi) is 5.39. The summed E-state index contributed by atoms with van der Waals surface area (Å²) in [5.74, 6) is 0.743. The fourth-order valence-electron chi connectivity index (χ4n) is 3.42. The number of ether oxygens (including phenoxy) is 1. The molecule has 0 aromatic heterocycles. The smallest absolute Gasteiger partial charge is 0.226 e. The highest BCUT2D eigenvalue weighted by Gasteiger charge is 2.43. The minimum Gasteiger partial charge on any atom is -0.497 e. The second-order valence-electron chi connectivity index (χ2n) is 6.80. The van der Waals surface area contributed by atoms with E-state index in [4.69, 9.17) is 4.74 Å². The molecular weight excluding hydrogens is 314 g/mol. The van der Waals surface area contributed by atoms with E-state index >= 15 is 0 Å². The van der Waals surface area contributed by atoms with Gasteiger partial charge in [-0.15, -0.1) is 0 Å². The number of carbonyl (C=O) groups is 1. The number of hydrogen-bond donors (Lipinski definition) is 2. The zero-order valence-electron chi connectivity index (χ0n) is 14.6. The van der Waals surface area contributed by atoms with Crippen LogP contribution >= 0.6 is 0 Å². The van der Waals surface area contributed by atoms with E-state index in [1.807, 2.05) is 36.4 Å². The Hall–Kier alpha value is -2.33. The van der Waals surface area contributed by atoms with Gasteiger partial charge in [0.15, 0.2) is 0 Å². The summed E-state index contributed by atoms with van der Waals surface area (Å²) >= 11 is 0. The maximum Gasteiger partial charge on any atom is 0.226 e. The molecule has 25 heavy (non-hydrogen) atoms. The average molecular weight is 339 g/mol. The van der Waals surface area contributed by atoms with Gasteiger partial charge in [-0.1, -0.05) is 48.9 Å². The SMILES string of the molecule is COc1cccc(C(O)CNC(=O)C2(Cc3ccccc3)CCC2)c1. The van der Waals surface area contributed by atoms with Gasteiger partial charge in [0, 0.05) is 6.54 Å². The van der Waals surface area contributed by atoms with Crippen molar-refractivity contribution in [2.24, 2.45) is 5.41 Å². The van der Waals surface area contributed by atoms with Crippen molar-refractivity contribution in [3.8, 4) is 5.75 Å². The first-order valence-electron chi connectivity index (χ1n) is 8.77. The van der Waals surface area contributed by atoms with Gasteiger partial charge in [-0.05, 0) is 42.5 Å². The van der Waals surface area contributed by atoms with E-state index in [0.29, 0.717) is 5.75 Å². The van der Waals surface area contributed by atoms with Gasteiger partial charge in [0.1, 0.15) is 5.75 Å². The third kappa shape index (κ3) is 4.02. The van der Waals surface area contributed by atoms with Gasteiger partial charge in [0.25, 0.3) is 0 Å². The van der Waals surface area contributed by atoms with Gasteiger partial charge < -0.3 is 15.2 Å². The quantitative estimate of drug-likeness (QED) is 0.814. The topological polar surface area (TPSA) is 58.6 Å². The average Bonchev–Trinajstić information content (AvgIpc) is 2.63. The Labute approximate surface area is 148 Å². The number of carbonyl (C=O) groups excluding carboxylic acids is 1. The molecule has 1 unspecified atom stereocenters. The van der Waals surface area contributed by atoms with Crippen molar-refractivity contribution >= 4 is 5.91 Å². The van der Waals surface area contributed by atoms with Gasteiger partial charge in [0.05, 0.1) is 18.6 Å². The molecule has 0 saturated heterocycles. The number of nitrogens with one attached hydrogen (secondary N) is 1. The fourth-order valence-corrected chi connectivity index (χ4v) is 3.42. The highest BCUT2D eigenvalue weighted by Crippen LogP contribution is 2.44. The largest absolute Gasteiger partial charge is 0.497 e. The summed E-state index contributed by atoms with van der Waals surface area (Å²) < 4.78 is 5.18. The van der Waals surface area contributed by atoms with Crippen LogP contribution in [-0.2, 0) is 11.2 Å². The second-order valence-corrected chi connectivity index (χ2v) is 6.80. The molecule has 2 N–H and O–H groups in total. The second kappa shape index (κ2) is 7.70. The lowest BCUT2D eigenvalue weighted by Crippen LogP contribution is -2.48. The Balaban J connectivity index is 1.60. The summed E-state index contributed by atoms with van der Waals surface area (Å²) in [5, 5.41) is 13.3. The number of aliphatic hydroxyl groups excluding tert-OH is 1. The lowest BCUT2D eigenvalue weighted by atomic mass is 9.64. The van der Waals surface area contributed by atoms with Crippen molar-refractivity contribution < 1.29 is 14.6 Å². The monoisotopic (exact) mass is 339 g/mol. The van der Waals surface area contributed by atoms with Crippen LogP contribution < -0.4 is 10.1 Å². The van der Waals surface area contributed by atoms with E-state index in [2.05, 4.69) is 17.4 Å². The molecule has 4 nitrogen and oxygen atoms in total. The molecule has 2 aromatic rings. The predicted molar refractivity (Wildman–Crippen MR) is 97.4 cm³/mol. The number of hydrogen-bond acceptors (Lipinski definition) is 3. The van der Waals surface area contributed by atoms with E-state index < -0.39 is 6.10 Å². The van der Waals surface area contributed by atoms with Crippen LogP contribution in [0, 0.1) is 5.41 Å². The zero-order chi connectivity index (χ0) is 17.7. The summed E-state index contributed by atoms with van der Waals surface area (Å²) in [6, 6.07) is 17.4. The Morgan fingerprint density at radius 1 is 1.20 bits per heavy atom. The van der Waals surface area contributed by atoms with E-state index in [1.54, 1.807) is 13.2 Å². The summed E-state index contributed by atoms with van der Waals surface area (Å²) in [6.45, 7) is 0.211. The molecule has 1 saturated carbocycles. The van der Waals surface area contributed by atoms with Crippen LogP contribution in [0.5, 0.6) is 5.75 Å². The molecule has 0 radical (unpaired) electrons. The third-order valence-electron chi connectivity index (χ3n) is 5.11. The van der Waals surface area contributed by atoms with Gasteiger partial charge in [-0.3, -0.25) is 4.79 Å². The molecule has 0 aliphatic heterocycles. The number of rotatable bonds is 7. The number of amides is 1. The number of methoxy groups -OCH3 is 1. The van der Waals surface area contributed by atoms with Crippen LogP contribution in [0.1, 0.15) is 36.5 Å². The molecule has 1 amide bonds. The van der Waals surface area contributed by atoms with Gasteiger partial charge in [0.2, 0.25) is 5.91 Å². The molecule has 0 bridgehead atoms. The van der Waals surface area contributed by atoms with Crippen LogP contribution in [0.2, 0.25) is 0 Å². The molecule has 0 spiro atoms. The molecule has 4 heteroatoms. The van der Waals surface area contributed by atoms with Crippen LogP contribution in [0.25, 0.3) is 0 Å².